The maximum absolute atomic E-state index is 11.3. The second-order valence-corrected chi connectivity index (χ2v) is 3.60. The molecule has 1 aromatic rings. The molecule has 1 rings (SSSR count). The molecule has 0 aliphatic carbocycles. The Bertz CT molecular complexity index is 355. The van der Waals surface area contributed by atoms with Crippen LogP contribution in [0.1, 0.15) is 19.5 Å². The largest absolute Gasteiger partial charge is 0.479 e. The summed E-state index contributed by atoms with van der Waals surface area (Å²) >= 11 is 0. The summed E-state index contributed by atoms with van der Waals surface area (Å²) in [6, 6.07) is 5.09. The van der Waals surface area contributed by atoms with Crippen LogP contribution >= 0.6 is 0 Å². The molecule has 5 nitrogen and oxygen atoms in total. The second-order valence-electron chi connectivity index (χ2n) is 3.60. The van der Waals surface area contributed by atoms with Crippen molar-refractivity contribution in [1.29, 1.82) is 0 Å². The average molecular weight is 239 g/mol. The number of carbonyl (C=O) groups is 1. The summed E-state index contributed by atoms with van der Waals surface area (Å²) < 4.78 is 10.5. The number of carboxylic acid groups (broad SMARTS) is 1. The quantitative estimate of drug-likeness (QED) is 0.729. The first-order valence-corrected chi connectivity index (χ1v) is 5.48. The molecule has 5 heteroatoms. The van der Waals surface area contributed by atoms with E-state index in [1.54, 1.807) is 24.4 Å². The summed E-state index contributed by atoms with van der Waals surface area (Å²) in [7, 11) is 0. The number of rotatable bonds is 7. The maximum Gasteiger partial charge on any atom is 0.342 e. The molecule has 1 atom stereocenters. The molecule has 1 unspecified atom stereocenters. The van der Waals surface area contributed by atoms with E-state index in [-0.39, 0.29) is 6.61 Å². The minimum Gasteiger partial charge on any atom is -0.479 e. The summed E-state index contributed by atoms with van der Waals surface area (Å²) in [6.07, 6.45) is 1.54. The Hall–Kier alpha value is -1.46. The lowest BCUT2D eigenvalue weighted by molar-refractivity contribution is -0.167. The molecule has 0 saturated carbocycles. The summed E-state index contributed by atoms with van der Waals surface area (Å²) in [4.78, 5) is 15.3. The summed E-state index contributed by atoms with van der Waals surface area (Å²) in [5.41, 5.74) is -1.05. The van der Waals surface area contributed by atoms with Gasteiger partial charge in [-0.1, -0.05) is 6.07 Å². The molecule has 0 bridgehead atoms. The Morgan fingerprint density at radius 2 is 2.24 bits per heavy atom. The van der Waals surface area contributed by atoms with Crippen molar-refractivity contribution in [2.75, 3.05) is 19.8 Å². The van der Waals surface area contributed by atoms with Crippen molar-refractivity contribution in [2.45, 2.75) is 19.4 Å². The lowest BCUT2D eigenvalue weighted by atomic mass is 10.0. The van der Waals surface area contributed by atoms with Gasteiger partial charge in [0.1, 0.15) is 0 Å². The number of carboxylic acids is 1. The lowest BCUT2D eigenvalue weighted by Gasteiger charge is -2.24. The Morgan fingerprint density at radius 1 is 1.47 bits per heavy atom. The molecular formula is C12H17NO4. The predicted octanol–water partition coefficient (Wildman–Crippen LogP) is 1.43. The fourth-order valence-corrected chi connectivity index (χ4v) is 1.34. The van der Waals surface area contributed by atoms with Gasteiger partial charge >= 0.3 is 5.97 Å². The van der Waals surface area contributed by atoms with Crippen LogP contribution in [0.5, 0.6) is 0 Å². The fraction of sp³-hybridized carbons (Fsp3) is 0.500. The number of aliphatic carboxylic acids is 1. The van der Waals surface area contributed by atoms with Crippen LogP contribution in [0.4, 0.5) is 0 Å². The van der Waals surface area contributed by atoms with Gasteiger partial charge in [0.15, 0.2) is 0 Å². The predicted molar refractivity (Wildman–Crippen MR) is 61.7 cm³/mol. The summed E-state index contributed by atoms with van der Waals surface area (Å²) in [5.74, 6) is -1.06. The Labute approximate surface area is 100 Å². The molecule has 94 valence electrons. The van der Waals surface area contributed by atoms with Gasteiger partial charge in [-0.25, -0.2) is 4.79 Å². The fourth-order valence-electron chi connectivity index (χ4n) is 1.34. The minimum atomic E-state index is -1.43. The van der Waals surface area contributed by atoms with Gasteiger partial charge in [0, 0.05) is 12.8 Å². The molecular weight excluding hydrogens is 222 g/mol. The minimum absolute atomic E-state index is 0.215. The van der Waals surface area contributed by atoms with E-state index in [1.165, 1.54) is 6.92 Å². The van der Waals surface area contributed by atoms with Crippen LogP contribution in [0.15, 0.2) is 24.4 Å². The molecule has 0 aromatic carbocycles. The topological polar surface area (TPSA) is 68.7 Å². The first kappa shape index (κ1) is 13.6. The van der Waals surface area contributed by atoms with Crippen molar-refractivity contribution < 1.29 is 19.4 Å². The molecule has 1 N–H and O–H groups in total. The van der Waals surface area contributed by atoms with E-state index >= 15 is 0 Å². The summed E-state index contributed by atoms with van der Waals surface area (Å²) in [5, 5.41) is 9.24. The molecule has 0 radical (unpaired) electrons. The lowest BCUT2D eigenvalue weighted by Crippen LogP contribution is -2.37. The number of hydrogen-bond acceptors (Lipinski definition) is 4. The highest BCUT2D eigenvalue weighted by molar-refractivity contribution is 5.78. The Morgan fingerprint density at radius 3 is 2.76 bits per heavy atom. The molecule has 0 aliphatic rings. The van der Waals surface area contributed by atoms with E-state index < -0.39 is 11.6 Å². The van der Waals surface area contributed by atoms with Crippen LogP contribution in [0, 0.1) is 0 Å². The third-order valence-electron chi connectivity index (χ3n) is 2.38. The molecule has 1 heterocycles. The number of pyridine rings is 1. The van der Waals surface area contributed by atoms with Crippen LogP contribution < -0.4 is 0 Å². The van der Waals surface area contributed by atoms with E-state index in [0.29, 0.717) is 18.9 Å². The van der Waals surface area contributed by atoms with E-state index in [9.17, 15) is 9.90 Å². The van der Waals surface area contributed by atoms with Gasteiger partial charge in [-0.15, -0.1) is 0 Å². The standard InChI is InChI=1S/C12H17NO4/c1-3-16-8-9-17-12(2,11(14)15)10-6-4-5-7-13-10/h4-7H,3,8-9H2,1-2H3,(H,14,15). The van der Waals surface area contributed by atoms with Crippen molar-refractivity contribution in [2.24, 2.45) is 0 Å². The third kappa shape index (κ3) is 3.51. The van der Waals surface area contributed by atoms with Crippen molar-refractivity contribution in [3.05, 3.63) is 30.1 Å². The van der Waals surface area contributed by atoms with Gasteiger partial charge in [-0.3, -0.25) is 4.98 Å². The monoisotopic (exact) mass is 239 g/mol. The first-order chi connectivity index (χ1) is 8.11. The van der Waals surface area contributed by atoms with Crippen molar-refractivity contribution in [3.63, 3.8) is 0 Å². The van der Waals surface area contributed by atoms with E-state index in [0.717, 1.165) is 0 Å². The average Bonchev–Trinajstić information content (AvgIpc) is 2.35. The maximum atomic E-state index is 11.3. The second kappa shape index (κ2) is 6.32. The van der Waals surface area contributed by atoms with Gasteiger partial charge in [-0.05, 0) is 26.0 Å². The van der Waals surface area contributed by atoms with Gasteiger partial charge in [0.05, 0.1) is 18.9 Å². The molecule has 0 spiro atoms. The number of nitrogens with zero attached hydrogens (tertiary/aromatic N) is 1. The van der Waals surface area contributed by atoms with Crippen LogP contribution in [0.2, 0.25) is 0 Å². The van der Waals surface area contributed by atoms with Crippen molar-refractivity contribution in [3.8, 4) is 0 Å². The zero-order valence-corrected chi connectivity index (χ0v) is 10.0. The summed E-state index contributed by atoms with van der Waals surface area (Å²) in [6.45, 7) is 4.52. The number of hydrogen-bond donors (Lipinski definition) is 1. The van der Waals surface area contributed by atoms with Crippen LogP contribution in [-0.4, -0.2) is 35.9 Å². The molecule has 0 saturated heterocycles. The van der Waals surface area contributed by atoms with Crippen LogP contribution in [0.25, 0.3) is 0 Å². The highest BCUT2D eigenvalue weighted by Crippen LogP contribution is 2.23. The first-order valence-electron chi connectivity index (χ1n) is 5.48. The van der Waals surface area contributed by atoms with E-state index in [1.807, 2.05) is 6.92 Å². The Balaban J connectivity index is 2.73. The van der Waals surface area contributed by atoms with E-state index in [2.05, 4.69) is 4.98 Å². The zero-order chi connectivity index (χ0) is 12.7. The third-order valence-corrected chi connectivity index (χ3v) is 2.38. The molecule has 0 amide bonds. The molecule has 17 heavy (non-hydrogen) atoms. The van der Waals surface area contributed by atoms with Crippen LogP contribution in [0.3, 0.4) is 0 Å². The molecule has 0 fully saturated rings. The van der Waals surface area contributed by atoms with E-state index in [4.69, 9.17) is 9.47 Å². The Kier molecular flexibility index (Phi) is 5.06. The molecule has 0 aliphatic heterocycles. The highest BCUT2D eigenvalue weighted by Gasteiger charge is 2.37. The van der Waals surface area contributed by atoms with Crippen molar-refractivity contribution in [1.82, 2.24) is 4.98 Å². The highest BCUT2D eigenvalue weighted by atomic mass is 16.6. The smallest absolute Gasteiger partial charge is 0.342 e. The number of aromatic nitrogens is 1. The normalized spacial score (nSPS) is 14.2. The van der Waals surface area contributed by atoms with Gasteiger partial charge < -0.3 is 14.6 Å². The van der Waals surface area contributed by atoms with Gasteiger partial charge in [0.25, 0.3) is 0 Å². The SMILES string of the molecule is CCOCCOC(C)(C(=O)O)c1ccccn1. The molecule has 1 aromatic heterocycles. The van der Waals surface area contributed by atoms with Gasteiger partial charge in [0.2, 0.25) is 5.60 Å². The number of ether oxygens (including phenoxy) is 2. The van der Waals surface area contributed by atoms with Gasteiger partial charge in [-0.2, -0.15) is 0 Å². The van der Waals surface area contributed by atoms with Crippen LogP contribution in [-0.2, 0) is 19.9 Å². The van der Waals surface area contributed by atoms with Crippen molar-refractivity contribution >= 4 is 5.97 Å². The zero-order valence-electron chi connectivity index (χ0n) is 10.0.